The number of ketones is 1. The molecule has 1 aromatic carbocycles. The number of hydrogen-bond donors (Lipinski definition) is 2. The zero-order valence-corrected chi connectivity index (χ0v) is 18.9. The van der Waals surface area contributed by atoms with Crippen LogP contribution in [0.4, 0.5) is 17.3 Å². The molecular weight excluding hydrogens is 418 g/mol. The fraction of sp³-hybridized carbons (Fsp3) is 0.286. The first kappa shape index (κ1) is 23.8. The summed E-state index contributed by atoms with van der Waals surface area (Å²) in [5.74, 6) is 1.97. The minimum atomic E-state index is 0.0620. The van der Waals surface area contributed by atoms with Gasteiger partial charge in [0.1, 0.15) is 17.4 Å². The third-order valence-electron chi connectivity index (χ3n) is 4.04. The van der Waals surface area contributed by atoms with Gasteiger partial charge in [-0.15, -0.1) is 0 Å². The summed E-state index contributed by atoms with van der Waals surface area (Å²) >= 11 is 5.56. The molecule has 3 aromatic rings. The molecule has 0 radical (unpaired) electrons. The third-order valence-corrected chi connectivity index (χ3v) is 4.22. The van der Waals surface area contributed by atoms with Crippen LogP contribution in [0.2, 0.25) is 5.28 Å². The van der Waals surface area contributed by atoms with Crippen LogP contribution in [0.1, 0.15) is 12.5 Å². The van der Waals surface area contributed by atoms with Crippen molar-refractivity contribution in [3.05, 3.63) is 47.5 Å². The number of nitrogen functional groups attached to an aromatic ring is 1. The van der Waals surface area contributed by atoms with Gasteiger partial charge in [-0.05, 0) is 30.7 Å². The minimum Gasteiger partial charge on any atom is -0.507 e. The lowest BCUT2D eigenvalue weighted by Crippen LogP contribution is -2.15. The highest BCUT2D eigenvalue weighted by Gasteiger charge is 2.13. The molecule has 2 aromatic heterocycles. The molecule has 0 saturated carbocycles. The molecule has 0 spiro atoms. The predicted molar refractivity (Wildman–Crippen MR) is 124 cm³/mol. The standard InChI is InChI=1S/C15H17N3O2.C6H9ClN4/c1-10(19)8-11-9-16-14(17-15(11)18(2)3)12-6-4-5-7-13(12)20;1-11(2)5-4(8)3-9-6(7)10-5/h4-7,9,20H,8H2,1-3H3;3H,8H2,1-2H3. The average Bonchev–Trinajstić information content (AvgIpc) is 2.70. The predicted octanol–water partition coefficient (Wildman–Crippen LogP) is 2.82. The van der Waals surface area contributed by atoms with E-state index in [0.717, 1.165) is 5.56 Å². The molecule has 0 bridgehead atoms. The fourth-order valence-corrected chi connectivity index (χ4v) is 2.82. The second-order valence-corrected chi connectivity index (χ2v) is 7.48. The van der Waals surface area contributed by atoms with Gasteiger partial charge in [0.05, 0.1) is 17.4 Å². The van der Waals surface area contributed by atoms with Crippen molar-refractivity contribution in [1.29, 1.82) is 0 Å². The molecule has 0 saturated heterocycles. The molecule has 0 amide bonds. The molecule has 0 fully saturated rings. The summed E-state index contributed by atoms with van der Waals surface area (Å²) in [7, 11) is 7.41. The zero-order chi connectivity index (χ0) is 23.1. The smallest absolute Gasteiger partial charge is 0.224 e. The number of carbonyl (C=O) groups is 1. The van der Waals surface area contributed by atoms with Gasteiger partial charge in [0, 0.05) is 46.4 Å². The van der Waals surface area contributed by atoms with Crippen LogP contribution in [-0.2, 0) is 11.2 Å². The molecule has 0 aliphatic rings. The molecule has 0 unspecified atom stereocenters. The molecular formula is C21H26ClN7O2. The first-order valence-corrected chi connectivity index (χ1v) is 9.74. The number of hydrogen-bond acceptors (Lipinski definition) is 9. The Morgan fingerprint density at radius 2 is 1.68 bits per heavy atom. The van der Waals surface area contributed by atoms with Crippen molar-refractivity contribution in [2.45, 2.75) is 13.3 Å². The van der Waals surface area contributed by atoms with Crippen LogP contribution in [0, 0.1) is 0 Å². The summed E-state index contributed by atoms with van der Waals surface area (Å²) < 4.78 is 0. The van der Waals surface area contributed by atoms with Crippen molar-refractivity contribution in [2.24, 2.45) is 0 Å². The van der Waals surface area contributed by atoms with Crippen molar-refractivity contribution in [1.82, 2.24) is 19.9 Å². The molecule has 10 heteroatoms. The maximum Gasteiger partial charge on any atom is 0.224 e. The first-order chi connectivity index (χ1) is 14.6. The van der Waals surface area contributed by atoms with Gasteiger partial charge in [0.15, 0.2) is 11.6 Å². The van der Waals surface area contributed by atoms with Crippen molar-refractivity contribution in [2.75, 3.05) is 43.7 Å². The number of para-hydroxylation sites is 1. The molecule has 2 heterocycles. The number of aromatic hydroxyl groups is 1. The molecule has 3 rings (SSSR count). The van der Waals surface area contributed by atoms with Crippen molar-refractivity contribution >= 4 is 34.7 Å². The van der Waals surface area contributed by atoms with Crippen molar-refractivity contribution in [3.8, 4) is 17.1 Å². The Hall–Kier alpha value is -3.46. The van der Waals surface area contributed by atoms with Gasteiger partial charge >= 0.3 is 0 Å². The SMILES string of the molecule is CC(=O)Cc1cnc(-c2ccccc2O)nc1N(C)C.CN(C)c1nc(Cl)ncc1N. The maximum atomic E-state index is 11.3. The number of aromatic nitrogens is 4. The summed E-state index contributed by atoms with van der Waals surface area (Å²) in [5.41, 5.74) is 7.45. The van der Waals surface area contributed by atoms with Gasteiger partial charge in [0.2, 0.25) is 5.28 Å². The highest BCUT2D eigenvalue weighted by atomic mass is 35.5. The maximum absolute atomic E-state index is 11.3. The van der Waals surface area contributed by atoms with Crippen LogP contribution in [-0.4, -0.2) is 59.0 Å². The van der Waals surface area contributed by atoms with E-state index in [0.29, 0.717) is 35.1 Å². The van der Waals surface area contributed by atoms with E-state index in [-0.39, 0.29) is 16.8 Å². The second kappa shape index (κ2) is 10.5. The number of nitrogens with two attached hydrogens (primary N) is 1. The van der Waals surface area contributed by atoms with E-state index in [1.807, 2.05) is 39.2 Å². The molecule has 0 aliphatic carbocycles. The summed E-state index contributed by atoms with van der Waals surface area (Å²) in [6, 6.07) is 6.92. The van der Waals surface area contributed by atoms with E-state index in [1.54, 1.807) is 29.3 Å². The number of rotatable bonds is 5. The number of halogens is 1. The average molecular weight is 444 g/mol. The zero-order valence-electron chi connectivity index (χ0n) is 18.2. The highest BCUT2D eigenvalue weighted by molar-refractivity contribution is 6.28. The summed E-state index contributed by atoms with van der Waals surface area (Å²) in [6.45, 7) is 1.54. The molecule has 31 heavy (non-hydrogen) atoms. The van der Waals surface area contributed by atoms with Gasteiger partial charge in [-0.3, -0.25) is 4.79 Å². The third kappa shape index (κ3) is 6.51. The van der Waals surface area contributed by atoms with Crippen molar-refractivity contribution < 1.29 is 9.90 Å². The van der Waals surface area contributed by atoms with Crippen LogP contribution < -0.4 is 15.5 Å². The van der Waals surface area contributed by atoms with Crippen LogP contribution >= 0.6 is 11.6 Å². The lowest BCUT2D eigenvalue weighted by Gasteiger charge is -2.16. The number of anilines is 3. The Balaban J connectivity index is 0.000000262. The van der Waals surface area contributed by atoms with Crippen LogP contribution in [0.5, 0.6) is 5.75 Å². The van der Waals surface area contributed by atoms with Gasteiger partial charge in [0.25, 0.3) is 0 Å². The Labute approximate surface area is 186 Å². The molecule has 9 nitrogen and oxygen atoms in total. The van der Waals surface area contributed by atoms with Gasteiger partial charge in [-0.25, -0.2) is 15.0 Å². The normalized spacial score (nSPS) is 10.1. The Kier molecular flexibility index (Phi) is 8.09. The number of benzene rings is 1. The number of carbonyl (C=O) groups excluding carboxylic acids is 1. The van der Waals surface area contributed by atoms with Crippen LogP contribution in [0.25, 0.3) is 11.4 Å². The Morgan fingerprint density at radius 3 is 2.23 bits per heavy atom. The van der Waals surface area contributed by atoms with E-state index in [1.165, 1.54) is 13.1 Å². The topological polar surface area (TPSA) is 121 Å². The van der Waals surface area contributed by atoms with E-state index in [4.69, 9.17) is 17.3 Å². The molecule has 3 N–H and O–H groups in total. The molecule has 164 valence electrons. The van der Waals surface area contributed by atoms with Crippen molar-refractivity contribution in [3.63, 3.8) is 0 Å². The summed E-state index contributed by atoms with van der Waals surface area (Å²) in [5, 5.41) is 10.1. The van der Waals surface area contributed by atoms with Crippen LogP contribution in [0.3, 0.4) is 0 Å². The number of phenolic OH excluding ortho intramolecular Hbond substituents is 1. The first-order valence-electron chi connectivity index (χ1n) is 9.36. The van der Waals surface area contributed by atoms with E-state index < -0.39 is 0 Å². The van der Waals surface area contributed by atoms with E-state index in [2.05, 4.69) is 19.9 Å². The summed E-state index contributed by atoms with van der Waals surface area (Å²) in [4.78, 5) is 31.3. The number of phenols is 1. The highest BCUT2D eigenvalue weighted by Crippen LogP contribution is 2.28. The second-order valence-electron chi connectivity index (χ2n) is 7.15. The lowest BCUT2D eigenvalue weighted by atomic mass is 10.1. The largest absolute Gasteiger partial charge is 0.507 e. The van der Waals surface area contributed by atoms with Gasteiger partial charge < -0.3 is 20.6 Å². The van der Waals surface area contributed by atoms with E-state index in [9.17, 15) is 9.90 Å². The molecule has 0 atom stereocenters. The number of Topliss-reactive ketones (excluding diaryl/α,β-unsaturated/α-hetero) is 1. The minimum absolute atomic E-state index is 0.0620. The Bertz CT molecular complexity index is 1060. The molecule has 0 aliphatic heterocycles. The van der Waals surface area contributed by atoms with Gasteiger partial charge in [-0.2, -0.15) is 4.98 Å². The fourth-order valence-electron chi connectivity index (χ4n) is 2.69. The Morgan fingerprint density at radius 1 is 1.03 bits per heavy atom. The van der Waals surface area contributed by atoms with E-state index >= 15 is 0 Å². The monoisotopic (exact) mass is 443 g/mol. The lowest BCUT2D eigenvalue weighted by molar-refractivity contribution is -0.116. The number of nitrogens with zero attached hydrogens (tertiary/aromatic N) is 6. The van der Waals surface area contributed by atoms with Crippen LogP contribution in [0.15, 0.2) is 36.7 Å². The summed E-state index contributed by atoms with van der Waals surface area (Å²) in [6.07, 6.45) is 3.44. The van der Waals surface area contributed by atoms with Gasteiger partial charge in [-0.1, -0.05) is 12.1 Å². The quantitative estimate of drug-likeness (QED) is 0.573.